The third-order valence-corrected chi connectivity index (χ3v) is 6.48. The molecule has 3 rings (SSSR count). The quantitative estimate of drug-likeness (QED) is 0.303. The molecule has 9 nitrogen and oxygen atoms in total. The molecule has 0 saturated heterocycles. The molecule has 0 spiro atoms. The average molecular weight is 526 g/mol. The second-order valence-electron chi connectivity index (χ2n) is 9.52. The number of benzene rings is 2. The zero-order valence-electron chi connectivity index (χ0n) is 21.1. The van der Waals surface area contributed by atoms with Crippen LogP contribution in [0.2, 0.25) is 5.02 Å². The number of halogens is 1. The molecule has 0 saturated carbocycles. The number of aromatic amines is 1. The molecular formula is C27H32ClN5O4. The second-order valence-corrected chi connectivity index (χ2v) is 9.96. The fraction of sp³-hybridized carbons (Fsp3) is 0.333. The number of H-pyrrole nitrogens is 1. The van der Waals surface area contributed by atoms with Gasteiger partial charge in [0.05, 0.1) is 6.33 Å². The van der Waals surface area contributed by atoms with Crippen LogP contribution in [0.4, 0.5) is 4.79 Å². The minimum atomic E-state index is -1.34. The molecule has 196 valence electrons. The average Bonchev–Trinajstić information content (AvgIpc) is 3.39. The van der Waals surface area contributed by atoms with E-state index in [0.29, 0.717) is 17.3 Å². The van der Waals surface area contributed by atoms with Crippen LogP contribution in [0, 0.1) is 0 Å². The number of carbonyl (C=O) groups excluding carboxylic acids is 2. The molecule has 0 aliphatic heterocycles. The van der Waals surface area contributed by atoms with Crippen LogP contribution in [0.1, 0.15) is 37.6 Å². The SMILES string of the molecule is CC(C(=O)NCC(C)(C)c1ccccc1)N(Cc1ccc(Cl)cc1)C(=O)[C@H](Cc1cnc[nH]1)NC(=O)O. The van der Waals surface area contributed by atoms with Crippen molar-refractivity contribution in [2.75, 3.05) is 6.54 Å². The minimum Gasteiger partial charge on any atom is -0.465 e. The van der Waals surface area contributed by atoms with Crippen molar-refractivity contribution in [3.63, 3.8) is 0 Å². The molecule has 3 amide bonds. The molecule has 1 heterocycles. The van der Waals surface area contributed by atoms with Crippen molar-refractivity contribution in [1.29, 1.82) is 0 Å². The number of carbonyl (C=O) groups is 3. The van der Waals surface area contributed by atoms with Gasteiger partial charge in [0.1, 0.15) is 12.1 Å². The first-order chi connectivity index (χ1) is 17.6. The van der Waals surface area contributed by atoms with E-state index in [4.69, 9.17) is 11.6 Å². The van der Waals surface area contributed by atoms with E-state index in [0.717, 1.165) is 11.1 Å². The van der Waals surface area contributed by atoms with E-state index in [2.05, 4.69) is 20.6 Å². The lowest BCUT2D eigenvalue weighted by atomic mass is 9.84. The number of nitrogens with zero attached hydrogens (tertiary/aromatic N) is 2. The number of nitrogens with one attached hydrogen (secondary N) is 3. The summed E-state index contributed by atoms with van der Waals surface area (Å²) in [5, 5.41) is 15.2. The Labute approximate surface area is 221 Å². The van der Waals surface area contributed by atoms with Crippen molar-refractivity contribution in [1.82, 2.24) is 25.5 Å². The monoisotopic (exact) mass is 525 g/mol. The molecule has 0 bridgehead atoms. The normalized spacial score (nSPS) is 12.9. The van der Waals surface area contributed by atoms with Gasteiger partial charge in [0, 0.05) is 41.8 Å². The van der Waals surface area contributed by atoms with Crippen molar-refractivity contribution in [3.8, 4) is 0 Å². The van der Waals surface area contributed by atoms with Gasteiger partial charge in [0.15, 0.2) is 0 Å². The minimum absolute atomic E-state index is 0.0532. The maximum Gasteiger partial charge on any atom is 0.405 e. The number of hydrogen-bond acceptors (Lipinski definition) is 4. The number of imidazole rings is 1. The van der Waals surface area contributed by atoms with Gasteiger partial charge in [0.2, 0.25) is 11.8 Å². The first-order valence-corrected chi connectivity index (χ1v) is 12.3. The summed E-state index contributed by atoms with van der Waals surface area (Å²) < 4.78 is 0. The van der Waals surface area contributed by atoms with Crippen molar-refractivity contribution in [3.05, 3.63) is 89.0 Å². The highest BCUT2D eigenvalue weighted by atomic mass is 35.5. The Kier molecular flexibility index (Phi) is 9.30. The van der Waals surface area contributed by atoms with E-state index in [1.807, 2.05) is 44.2 Å². The van der Waals surface area contributed by atoms with Crippen molar-refractivity contribution in [2.24, 2.45) is 0 Å². The maximum absolute atomic E-state index is 13.7. The predicted molar refractivity (Wildman–Crippen MR) is 141 cm³/mol. The van der Waals surface area contributed by atoms with E-state index in [-0.39, 0.29) is 24.3 Å². The molecule has 0 radical (unpaired) electrons. The molecule has 3 aromatic rings. The Morgan fingerprint density at radius 3 is 2.38 bits per heavy atom. The lowest BCUT2D eigenvalue weighted by Crippen LogP contribution is -2.55. The molecule has 4 N–H and O–H groups in total. The largest absolute Gasteiger partial charge is 0.465 e. The van der Waals surface area contributed by atoms with E-state index < -0.39 is 24.1 Å². The first-order valence-electron chi connectivity index (χ1n) is 11.9. The van der Waals surface area contributed by atoms with E-state index >= 15 is 0 Å². The second kappa shape index (κ2) is 12.4. The zero-order chi connectivity index (χ0) is 27.0. The summed E-state index contributed by atoms with van der Waals surface area (Å²) in [6, 6.07) is 14.8. The lowest BCUT2D eigenvalue weighted by molar-refractivity contribution is -0.142. The van der Waals surface area contributed by atoms with Gasteiger partial charge in [-0.3, -0.25) is 9.59 Å². The number of amides is 3. The highest BCUT2D eigenvalue weighted by molar-refractivity contribution is 6.30. The molecule has 1 aromatic heterocycles. The fourth-order valence-corrected chi connectivity index (χ4v) is 4.07. The van der Waals surface area contributed by atoms with Crippen LogP contribution in [0.25, 0.3) is 0 Å². The third kappa shape index (κ3) is 7.82. The summed E-state index contributed by atoms with van der Waals surface area (Å²) >= 11 is 6.02. The summed E-state index contributed by atoms with van der Waals surface area (Å²) in [5.41, 5.74) is 2.07. The smallest absolute Gasteiger partial charge is 0.405 e. The number of hydrogen-bond donors (Lipinski definition) is 4. The summed E-state index contributed by atoms with van der Waals surface area (Å²) in [5.74, 6) is -0.876. The molecule has 0 aliphatic rings. The number of rotatable bonds is 11. The first kappa shape index (κ1) is 27.7. The Hall–Kier alpha value is -3.85. The summed E-state index contributed by atoms with van der Waals surface area (Å²) in [4.78, 5) is 46.7. The topological polar surface area (TPSA) is 127 Å². The van der Waals surface area contributed by atoms with Crippen LogP contribution in [0.15, 0.2) is 67.1 Å². The fourth-order valence-electron chi connectivity index (χ4n) is 3.95. The van der Waals surface area contributed by atoms with Gasteiger partial charge >= 0.3 is 6.09 Å². The third-order valence-electron chi connectivity index (χ3n) is 6.23. The van der Waals surface area contributed by atoms with Crippen LogP contribution < -0.4 is 10.6 Å². The Balaban J connectivity index is 1.82. The predicted octanol–water partition coefficient (Wildman–Crippen LogP) is 3.75. The standard InChI is InChI=1S/C27H32ClN5O4/c1-18(24(34)30-16-27(2,3)20-7-5-4-6-8-20)33(15-19-9-11-21(28)12-10-19)25(35)23(32-26(36)37)13-22-14-29-17-31-22/h4-12,14,17-18,23,32H,13,15-16H2,1-3H3,(H,29,31)(H,30,34)(H,36,37)/t18?,23-/m0/s1. The van der Waals surface area contributed by atoms with Gasteiger partial charge in [0.25, 0.3) is 0 Å². The van der Waals surface area contributed by atoms with E-state index in [1.165, 1.54) is 17.4 Å². The van der Waals surface area contributed by atoms with E-state index in [1.54, 1.807) is 31.2 Å². The summed E-state index contributed by atoms with van der Waals surface area (Å²) in [7, 11) is 0. The van der Waals surface area contributed by atoms with Gasteiger partial charge in [-0.25, -0.2) is 9.78 Å². The number of carboxylic acid groups (broad SMARTS) is 1. The van der Waals surface area contributed by atoms with Crippen LogP contribution in [0.5, 0.6) is 0 Å². The van der Waals surface area contributed by atoms with Crippen molar-refractivity contribution in [2.45, 2.75) is 51.2 Å². The Morgan fingerprint density at radius 1 is 1.11 bits per heavy atom. The Morgan fingerprint density at radius 2 is 1.78 bits per heavy atom. The van der Waals surface area contributed by atoms with Gasteiger partial charge in [-0.15, -0.1) is 0 Å². The lowest BCUT2D eigenvalue weighted by Gasteiger charge is -2.33. The van der Waals surface area contributed by atoms with Crippen LogP contribution >= 0.6 is 11.6 Å². The van der Waals surface area contributed by atoms with Crippen LogP contribution in [0.3, 0.4) is 0 Å². The summed E-state index contributed by atoms with van der Waals surface area (Å²) in [6.07, 6.45) is 1.69. The molecule has 1 unspecified atom stereocenters. The zero-order valence-corrected chi connectivity index (χ0v) is 21.8. The summed E-state index contributed by atoms with van der Waals surface area (Å²) in [6.45, 7) is 6.14. The molecule has 0 aliphatic carbocycles. The molecule has 2 atom stereocenters. The van der Waals surface area contributed by atoms with Gasteiger partial charge in [-0.1, -0.05) is 67.9 Å². The van der Waals surface area contributed by atoms with Gasteiger partial charge in [-0.05, 0) is 30.2 Å². The molecule has 37 heavy (non-hydrogen) atoms. The maximum atomic E-state index is 13.7. The molecule has 10 heteroatoms. The van der Waals surface area contributed by atoms with Crippen molar-refractivity contribution >= 4 is 29.5 Å². The van der Waals surface area contributed by atoms with Crippen LogP contribution in [-0.2, 0) is 28.0 Å². The number of aromatic nitrogens is 2. The van der Waals surface area contributed by atoms with E-state index in [9.17, 15) is 19.5 Å². The van der Waals surface area contributed by atoms with Gasteiger partial charge < -0.3 is 25.6 Å². The van der Waals surface area contributed by atoms with Gasteiger partial charge in [-0.2, -0.15) is 0 Å². The Bertz CT molecular complexity index is 1180. The molecular weight excluding hydrogens is 494 g/mol. The highest BCUT2D eigenvalue weighted by Crippen LogP contribution is 2.22. The highest BCUT2D eigenvalue weighted by Gasteiger charge is 2.33. The molecule has 0 fully saturated rings. The van der Waals surface area contributed by atoms with Crippen molar-refractivity contribution < 1.29 is 19.5 Å². The molecule has 2 aromatic carbocycles. The van der Waals surface area contributed by atoms with Crippen LogP contribution in [-0.4, -0.2) is 56.5 Å².